The van der Waals surface area contributed by atoms with Gasteiger partial charge in [0.25, 0.3) is 11.8 Å². The highest BCUT2D eigenvalue weighted by molar-refractivity contribution is 6.62. The largest absolute Gasteiger partial charge is 0.472 e. The lowest BCUT2D eigenvalue weighted by atomic mass is 10.0. The van der Waals surface area contributed by atoms with E-state index in [1.807, 2.05) is 78.9 Å². The first-order valence-corrected chi connectivity index (χ1v) is 23.1. The molecule has 2 heterocycles. The fourth-order valence-electron chi connectivity index (χ4n) is 6.27. The van der Waals surface area contributed by atoms with Crippen LogP contribution in [0.4, 0.5) is 9.59 Å². The Morgan fingerprint density at radius 1 is 0.603 bits per heavy atom. The molecule has 2 aromatic heterocycles. The molecule has 0 spiro atoms. The molecule has 2 atom stereocenters. The first-order chi connectivity index (χ1) is 35.0. The molecule has 6 aromatic rings. The van der Waals surface area contributed by atoms with E-state index in [9.17, 15) is 24.3 Å². The van der Waals surface area contributed by atoms with Crippen LogP contribution in [0, 0.1) is 0 Å². The van der Waals surface area contributed by atoms with Gasteiger partial charge < -0.3 is 49.4 Å². The number of likely N-dealkylation sites (N-methyl/N-ethyl adjacent to an activating group) is 2. The van der Waals surface area contributed by atoms with E-state index < -0.39 is 29.6 Å². The third-order valence-corrected chi connectivity index (χ3v) is 10.8. The van der Waals surface area contributed by atoms with Gasteiger partial charge in [-0.05, 0) is 46.0 Å². The number of ether oxygens (including phenoxy) is 3. The molecule has 384 valence electrons. The Morgan fingerprint density at radius 3 is 1.40 bits per heavy atom. The summed E-state index contributed by atoms with van der Waals surface area (Å²) >= 11 is 17.8. The van der Waals surface area contributed by atoms with Crippen molar-refractivity contribution < 1.29 is 48.2 Å². The maximum absolute atomic E-state index is 12.3. The number of aromatic nitrogens is 2. The molecule has 0 aliphatic heterocycles. The minimum absolute atomic E-state index is 0.0691. The Morgan fingerprint density at radius 2 is 1.00 bits per heavy atom. The van der Waals surface area contributed by atoms with Crippen LogP contribution in [0.25, 0.3) is 0 Å². The van der Waals surface area contributed by atoms with Crippen molar-refractivity contribution in [1.29, 1.82) is 0 Å². The van der Waals surface area contributed by atoms with E-state index >= 15 is 0 Å². The molecule has 0 fully saturated rings. The van der Waals surface area contributed by atoms with Crippen molar-refractivity contribution in [3.63, 3.8) is 0 Å². The molecular weight excluding hydrogens is 1000 g/mol. The Bertz CT molecular complexity index is 2840. The van der Waals surface area contributed by atoms with Crippen LogP contribution >= 0.6 is 34.8 Å². The number of pyridine rings is 2. The SMILES string of the molecule is CN(C)C(=O)Cl.CNC(=O)/C(=N/OC)c1ccccc1COc1ncc(C(O)c2ccccc2)cc1Cl.CNC(=O)/C(=N/OC)c1ccccc1COc1ncc(C(OC(=O)N(C)C)c2ccccc2)cc1Cl. The number of nitrogens with one attached hydrogen (secondary N) is 2. The summed E-state index contributed by atoms with van der Waals surface area (Å²) in [6, 6.07) is 36.1. The van der Waals surface area contributed by atoms with Crippen LogP contribution in [0.5, 0.6) is 11.8 Å². The molecule has 0 saturated carbocycles. The lowest BCUT2D eigenvalue weighted by Crippen LogP contribution is -2.29. The quantitative estimate of drug-likeness (QED) is 0.0339. The maximum atomic E-state index is 12.3. The number of nitrogens with zero attached hydrogens (tertiary/aromatic N) is 6. The van der Waals surface area contributed by atoms with E-state index in [2.05, 4.69) is 30.9 Å². The molecule has 0 radical (unpaired) electrons. The normalized spacial score (nSPS) is 11.7. The average molecular weight is 1060 g/mol. The molecule has 0 aliphatic carbocycles. The molecule has 6 rings (SSSR count). The summed E-state index contributed by atoms with van der Waals surface area (Å²) in [5, 5.41) is 23.4. The molecule has 18 nitrogen and oxygen atoms in total. The summed E-state index contributed by atoms with van der Waals surface area (Å²) in [6.07, 6.45) is 1.02. The van der Waals surface area contributed by atoms with Gasteiger partial charge in [0.1, 0.15) is 43.6 Å². The predicted octanol–water partition coefficient (Wildman–Crippen LogP) is 8.60. The topological polar surface area (TPSA) is 216 Å². The van der Waals surface area contributed by atoms with Crippen molar-refractivity contribution >= 4 is 69.5 Å². The van der Waals surface area contributed by atoms with Gasteiger partial charge in [-0.2, -0.15) is 0 Å². The monoisotopic (exact) mass is 1060 g/mol. The van der Waals surface area contributed by atoms with E-state index in [4.69, 9.17) is 58.7 Å². The molecule has 4 amide bonds. The summed E-state index contributed by atoms with van der Waals surface area (Å²) in [5.74, 6) is -0.384. The average Bonchev–Trinajstić information content (AvgIpc) is 3.40. The standard InChI is InChI=1S/C26H27ClN4O5.C23H22ClN3O4.C3H6ClNO/c1-28-24(32)22(30-34-4)20-13-9-8-12-18(20)16-35-25-21(27)14-19(15-29-25)23(36-26(33)31(2)3)17-10-6-5-7-11-17;1-25-22(29)20(27-30-2)18-11-7-6-10-16(18)14-31-23-19(24)12-17(13-26-23)21(28)15-8-4-3-5-9-15;1-5(2)3(4)6/h5-15,23H,16H2,1-4H3,(H,28,32);3-13,21,28H,14H2,1-2H3,(H,25,29);1-2H3/b30-22+;27-20+;. The van der Waals surface area contributed by atoms with Gasteiger partial charge in [-0.25, -0.2) is 14.8 Å². The minimum Gasteiger partial charge on any atom is -0.472 e. The van der Waals surface area contributed by atoms with Crippen LogP contribution in [0.3, 0.4) is 0 Å². The Balaban J connectivity index is 0.000000287. The van der Waals surface area contributed by atoms with Crippen molar-refractivity contribution in [2.45, 2.75) is 25.4 Å². The molecule has 0 saturated heterocycles. The van der Waals surface area contributed by atoms with Crippen LogP contribution in [-0.2, 0) is 37.2 Å². The van der Waals surface area contributed by atoms with Gasteiger partial charge in [-0.1, -0.05) is 143 Å². The number of carbonyl (C=O) groups excluding carboxylic acids is 4. The predicted molar refractivity (Wildman–Crippen MR) is 279 cm³/mol. The number of benzene rings is 4. The fourth-order valence-corrected chi connectivity index (χ4v) is 6.73. The Labute approximate surface area is 438 Å². The first-order valence-electron chi connectivity index (χ1n) is 22.0. The number of rotatable bonds is 17. The van der Waals surface area contributed by atoms with Crippen molar-refractivity contribution in [3.8, 4) is 11.8 Å². The zero-order valence-electron chi connectivity index (χ0n) is 41.2. The van der Waals surface area contributed by atoms with Gasteiger partial charge in [0.05, 0.1) is 0 Å². The Hall–Kier alpha value is -7.77. The second-order valence-corrected chi connectivity index (χ2v) is 16.6. The maximum Gasteiger partial charge on any atom is 0.410 e. The molecule has 0 aliphatic rings. The molecule has 4 aromatic carbocycles. The van der Waals surface area contributed by atoms with Gasteiger partial charge in [-0.15, -0.1) is 0 Å². The van der Waals surface area contributed by atoms with Gasteiger partial charge in [0.15, 0.2) is 17.5 Å². The zero-order valence-corrected chi connectivity index (χ0v) is 43.5. The molecule has 73 heavy (non-hydrogen) atoms. The van der Waals surface area contributed by atoms with Crippen molar-refractivity contribution in [2.24, 2.45) is 10.3 Å². The second-order valence-electron chi connectivity index (χ2n) is 15.4. The van der Waals surface area contributed by atoms with Crippen LogP contribution in [0.15, 0.2) is 144 Å². The van der Waals surface area contributed by atoms with Crippen LogP contribution < -0.4 is 20.1 Å². The highest BCUT2D eigenvalue weighted by Gasteiger charge is 2.24. The van der Waals surface area contributed by atoms with Crippen molar-refractivity contribution in [3.05, 3.63) is 188 Å². The number of carbonyl (C=O) groups is 4. The van der Waals surface area contributed by atoms with Crippen LogP contribution in [0.1, 0.15) is 56.7 Å². The minimum atomic E-state index is -0.846. The van der Waals surface area contributed by atoms with Gasteiger partial charge >= 0.3 is 11.5 Å². The van der Waals surface area contributed by atoms with E-state index in [-0.39, 0.29) is 52.3 Å². The van der Waals surface area contributed by atoms with E-state index in [0.717, 1.165) is 11.1 Å². The van der Waals surface area contributed by atoms with Gasteiger partial charge in [0.2, 0.25) is 11.8 Å². The highest BCUT2D eigenvalue weighted by atomic mass is 35.5. The molecule has 2 unspecified atom stereocenters. The summed E-state index contributed by atoms with van der Waals surface area (Å²) in [4.78, 5) is 67.5. The second kappa shape index (κ2) is 29.5. The summed E-state index contributed by atoms with van der Waals surface area (Å²) in [6.45, 7) is 0.170. The number of amides is 4. The Kier molecular flexibility index (Phi) is 23.4. The van der Waals surface area contributed by atoms with Crippen molar-refractivity contribution in [2.75, 3.05) is 56.5 Å². The lowest BCUT2D eigenvalue weighted by Gasteiger charge is -2.21. The van der Waals surface area contributed by atoms with E-state index in [0.29, 0.717) is 33.4 Å². The van der Waals surface area contributed by atoms with Crippen LogP contribution in [-0.4, -0.2) is 116 Å². The fraction of sp³-hybridized carbons (Fsp3) is 0.231. The number of aliphatic hydroxyl groups is 1. The molecule has 0 bridgehead atoms. The molecular formula is C52H55Cl3N8O10. The number of hydrogen-bond acceptors (Lipinski definition) is 14. The number of hydrogen-bond donors (Lipinski definition) is 3. The summed E-state index contributed by atoms with van der Waals surface area (Å²) in [5.41, 5.74) is 5.39. The summed E-state index contributed by atoms with van der Waals surface area (Å²) in [7, 11) is 12.2. The molecule has 21 heteroatoms. The first kappa shape index (κ1) is 57.8. The van der Waals surface area contributed by atoms with Gasteiger partial charge in [0, 0.05) is 76.9 Å². The lowest BCUT2D eigenvalue weighted by molar-refractivity contribution is -0.115. The third-order valence-electron chi connectivity index (χ3n) is 9.95. The van der Waals surface area contributed by atoms with Crippen molar-refractivity contribution in [1.82, 2.24) is 30.4 Å². The number of oxime groups is 2. The highest BCUT2D eigenvalue weighted by Crippen LogP contribution is 2.32. The number of aliphatic hydroxyl groups excluding tert-OH is 1. The number of halogens is 3. The molecule has 3 N–H and O–H groups in total. The summed E-state index contributed by atoms with van der Waals surface area (Å²) < 4.78 is 17.4. The van der Waals surface area contributed by atoms with Crippen LogP contribution in [0.2, 0.25) is 10.0 Å². The third kappa shape index (κ3) is 17.2. The van der Waals surface area contributed by atoms with Gasteiger partial charge in [-0.3, -0.25) is 14.4 Å². The van der Waals surface area contributed by atoms with E-state index in [1.165, 1.54) is 44.3 Å². The smallest absolute Gasteiger partial charge is 0.410 e. The zero-order chi connectivity index (χ0) is 53.5. The van der Waals surface area contributed by atoms with E-state index in [1.54, 1.807) is 76.9 Å².